The van der Waals surface area contributed by atoms with Crippen LogP contribution in [0.4, 0.5) is 0 Å². The normalized spacial score (nSPS) is 31.0. The fourth-order valence-corrected chi connectivity index (χ4v) is 3.96. The number of aliphatic hydroxyl groups excluding tert-OH is 1. The van der Waals surface area contributed by atoms with Crippen molar-refractivity contribution in [2.75, 3.05) is 19.8 Å². The van der Waals surface area contributed by atoms with E-state index < -0.39 is 0 Å². The summed E-state index contributed by atoms with van der Waals surface area (Å²) in [5.74, 6) is 0.320. The molecule has 0 bridgehead atoms. The number of hydrogen-bond donors (Lipinski definition) is 1. The lowest BCUT2D eigenvalue weighted by Gasteiger charge is -2.40. The van der Waals surface area contributed by atoms with E-state index in [0.717, 1.165) is 50.2 Å². The Bertz CT molecular complexity index is 505. The second-order valence-electron chi connectivity index (χ2n) is 6.25. The fraction of sp³-hybridized carbons (Fsp3) is 0.800. The Kier molecular flexibility index (Phi) is 4.54. The van der Waals surface area contributed by atoms with Crippen LogP contribution in [0.1, 0.15) is 30.5 Å². The van der Waals surface area contributed by atoms with E-state index in [-0.39, 0.29) is 12.1 Å². The number of morpholine rings is 1. The van der Waals surface area contributed by atoms with E-state index in [1.54, 1.807) is 4.68 Å². The van der Waals surface area contributed by atoms with Gasteiger partial charge in [0.15, 0.2) is 0 Å². The molecule has 1 N–H and O–H groups in total. The molecule has 1 saturated carbocycles. The summed E-state index contributed by atoms with van der Waals surface area (Å²) in [5, 5.41) is 15.3. The zero-order valence-electron chi connectivity index (χ0n) is 12.8. The van der Waals surface area contributed by atoms with Crippen LogP contribution in [-0.2, 0) is 18.3 Å². The molecule has 1 aromatic rings. The minimum absolute atomic E-state index is 0.190. The van der Waals surface area contributed by atoms with Crippen LogP contribution in [0.5, 0.6) is 0 Å². The van der Waals surface area contributed by atoms with Crippen molar-refractivity contribution in [1.29, 1.82) is 0 Å². The van der Waals surface area contributed by atoms with Crippen molar-refractivity contribution in [3.8, 4) is 0 Å². The van der Waals surface area contributed by atoms with E-state index in [0.29, 0.717) is 17.7 Å². The number of rotatable bonds is 3. The Morgan fingerprint density at radius 1 is 1.43 bits per heavy atom. The van der Waals surface area contributed by atoms with Gasteiger partial charge in [0, 0.05) is 37.7 Å². The Hall–Kier alpha value is -0.620. The van der Waals surface area contributed by atoms with Gasteiger partial charge in [0.05, 0.1) is 25.0 Å². The number of hydrogen-bond acceptors (Lipinski definition) is 4. The molecule has 2 heterocycles. The molecule has 1 saturated heterocycles. The monoisotopic (exact) mass is 313 g/mol. The van der Waals surface area contributed by atoms with Crippen LogP contribution in [0.25, 0.3) is 0 Å². The molecule has 1 aliphatic heterocycles. The topological polar surface area (TPSA) is 50.5 Å². The van der Waals surface area contributed by atoms with Crippen molar-refractivity contribution in [2.45, 2.75) is 44.9 Å². The minimum atomic E-state index is -0.190. The second kappa shape index (κ2) is 6.24. The highest BCUT2D eigenvalue weighted by molar-refractivity contribution is 6.30. The molecule has 0 amide bonds. The van der Waals surface area contributed by atoms with Crippen LogP contribution in [0, 0.1) is 12.8 Å². The van der Waals surface area contributed by atoms with Crippen LogP contribution in [0.2, 0.25) is 5.15 Å². The van der Waals surface area contributed by atoms with E-state index in [2.05, 4.69) is 10.00 Å². The molecule has 5 nitrogen and oxygen atoms in total. The average Bonchev–Trinajstić information content (AvgIpc) is 2.99. The summed E-state index contributed by atoms with van der Waals surface area (Å²) in [7, 11) is 1.87. The molecule has 21 heavy (non-hydrogen) atoms. The van der Waals surface area contributed by atoms with Crippen LogP contribution >= 0.6 is 11.6 Å². The maximum atomic E-state index is 10.2. The van der Waals surface area contributed by atoms with Gasteiger partial charge in [-0.25, -0.2) is 0 Å². The molecule has 3 rings (SSSR count). The van der Waals surface area contributed by atoms with Gasteiger partial charge in [-0.3, -0.25) is 9.58 Å². The van der Waals surface area contributed by atoms with Gasteiger partial charge < -0.3 is 9.84 Å². The Balaban J connectivity index is 1.78. The number of ether oxygens (including phenoxy) is 1. The van der Waals surface area contributed by atoms with Crippen LogP contribution in [0.3, 0.4) is 0 Å². The molecule has 0 radical (unpaired) electrons. The summed E-state index contributed by atoms with van der Waals surface area (Å²) in [6.45, 7) is 5.13. The maximum Gasteiger partial charge on any atom is 0.131 e. The largest absolute Gasteiger partial charge is 0.393 e. The first-order chi connectivity index (χ1) is 10.1. The predicted molar refractivity (Wildman–Crippen MR) is 81.3 cm³/mol. The third kappa shape index (κ3) is 2.97. The molecule has 6 heteroatoms. The first kappa shape index (κ1) is 15.3. The first-order valence-electron chi connectivity index (χ1n) is 7.75. The summed E-state index contributed by atoms with van der Waals surface area (Å²) in [4.78, 5) is 2.42. The summed E-state index contributed by atoms with van der Waals surface area (Å²) in [6.07, 6.45) is 2.93. The molecule has 118 valence electrons. The molecular weight excluding hydrogens is 290 g/mol. The maximum absolute atomic E-state index is 10.2. The van der Waals surface area contributed by atoms with Gasteiger partial charge in [0.1, 0.15) is 5.15 Å². The summed E-state index contributed by atoms with van der Waals surface area (Å²) in [6, 6.07) is 0.284. The number of aliphatic hydroxyl groups is 1. The van der Waals surface area contributed by atoms with Gasteiger partial charge in [0.2, 0.25) is 0 Å². The number of halogens is 1. The van der Waals surface area contributed by atoms with E-state index in [1.165, 1.54) is 0 Å². The van der Waals surface area contributed by atoms with E-state index in [1.807, 2.05) is 14.0 Å². The van der Waals surface area contributed by atoms with Crippen molar-refractivity contribution in [3.05, 3.63) is 16.4 Å². The third-order valence-electron chi connectivity index (χ3n) is 4.94. The summed E-state index contributed by atoms with van der Waals surface area (Å²) < 4.78 is 7.40. The molecule has 3 atom stereocenters. The van der Waals surface area contributed by atoms with E-state index in [4.69, 9.17) is 16.3 Å². The molecule has 2 fully saturated rings. The van der Waals surface area contributed by atoms with Crippen LogP contribution in [-0.4, -0.2) is 51.7 Å². The minimum Gasteiger partial charge on any atom is -0.393 e. The Labute approximate surface area is 130 Å². The van der Waals surface area contributed by atoms with E-state index in [9.17, 15) is 5.11 Å². The number of nitrogens with zero attached hydrogens (tertiary/aromatic N) is 3. The lowest BCUT2D eigenvalue weighted by Crippen LogP contribution is -2.50. The average molecular weight is 314 g/mol. The summed E-state index contributed by atoms with van der Waals surface area (Å²) >= 11 is 6.36. The highest BCUT2D eigenvalue weighted by Gasteiger charge is 2.38. The molecule has 1 aromatic heterocycles. The van der Waals surface area contributed by atoms with Gasteiger partial charge in [-0.05, 0) is 19.8 Å². The molecule has 2 aliphatic rings. The number of aromatic nitrogens is 2. The first-order valence-corrected chi connectivity index (χ1v) is 8.13. The second-order valence-corrected chi connectivity index (χ2v) is 6.61. The molecule has 0 aromatic carbocycles. The van der Waals surface area contributed by atoms with Crippen molar-refractivity contribution in [1.82, 2.24) is 14.7 Å². The standard InChI is InChI=1S/C15H24ClN3O2/c1-10-12(15(16)18(2)17-10)8-19-6-7-21-9-13(19)11-4-3-5-14(11)20/h11,13-14,20H,3-9H2,1-2H3/t11-,13-,14-/m1/s1. The molecule has 0 spiro atoms. The molecule has 0 unspecified atom stereocenters. The SMILES string of the molecule is Cc1nn(C)c(Cl)c1CN1CCOC[C@@H]1[C@H]1CCC[C@H]1O. The Morgan fingerprint density at radius 2 is 2.24 bits per heavy atom. The van der Waals surface area contributed by atoms with Gasteiger partial charge in [-0.1, -0.05) is 18.0 Å². The van der Waals surface area contributed by atoms with Gasteiger partial charge in [0.25, 0.3) is 0 Å². The van der Waals surface area contributed by atoms with Gasteiger partial charge >= 0.3 is 0 Å². The molecule has 1 aliphatic carbocycles. The zero-order chi connectivity index (χ0) is 15.0. The fourth-order valence-electron chi connectivity index (χ4n) is 3.72. The highest BCUT2D eigenvalue weighted by atomic mass is 35.5. The predicted octanol–water partition coefficient (Wildman–Crippen LogP) is 1.74. The summed E-state index contributed by atoms with van der Waals surface area (Å²) in [5.41, 5.74) is 2.08. The zero-order valence-corrected chi connectivity index (χ0v) is 13.5. The Morgan fingerprint density at radius 3 is 2.86 bits per heavy atom. The lowest BCUT2D eigenvalue weighted by atomic mass is 9.94. The highest BCUT2D eigenvalue weighted by Crippen LogP contribution is 2.33. The van der Waals surface area contributed by atoms with Crippen molar-refractivity contribution < 1.29 is 9.84 Å². The smallest absolute Gasteiger partial charge is 0.131 e. The van der Waals surface area contributed by atoms with Gasteiger partial charge in [-0.2, -0.15) is 5.10 Å². The molecular formula is C15H24ClN3O2. The van der Waals surface area contributed by atoms with Crippen molar-refractivity contribution >= 4 is 11.6 Å². The van der Waals surface area contributed by atoms with Crippen molar-refractivity contribution in [3.63, 3.8) is 0 Å². The van der Waals surface area contributed by atoms with E-state index >= 15 is 0 Å². The third-order valence-corrected chi connectivity index (χ3v) is 5.41. The van der Waals surface area contributed by atoms with Gasteiger partial charge in [-0.15, -0.1) is 0 Å². The number of aryl methyl sites for hydroxylation is 2. The van der Waals surface area contributed by atoms with Crippen LogP contribution < -0.4 is 0 Å². The van der Waals surface area contributed by atoms with Crippen LogP contribution in [0.15, 0.2) is 0 Å². The lowest BCUT2D eigenvalue weighted by molar-refractivity contribution is -0.0537. The quantitative estimate of drug-likeness (QED) is 0.923. The van der Waals surface area contributed by atoms with Crippen molar-refractivity contribution in [2.24, 2.45) is 13.0 Å².